The summed E-state index contributed by atoms with van der Waals surface area (Å²) in [5.41, 5.74) is 5.65. The molecule has 0 radical (unpaired) electrons. The van der Waals surface area contributed by atoms with E-state index in [1.165, 1.54) is 13.2 Å². The van der Waals surface area contributed by atoms with Gasteiger partial charge in [-0.2, -0.15) is 0 Å². The van der Waals surface area contributed by atoms with Gasteiger partial charge in [-0.25, -0.2) is 0 Å². The van der Waals surface area contributed by atoms with Crippen molar-refractivity contribution in [3.05, 3.63) is 51.9 Å². The number of carbonyl (C=O) groups excluding carboxylic acids is 2. The lowest BCUT2D eigenvalue weighted by atomic mass is 10.2. The Bertz CT molecular complexity index is 902. The molecule has 28 heavy (non-hydrogen) atoms. The molecule has 0 unspecified atom stereocenters. The van der Waals surface area contributed by atoms with E-state index in [9.17, 15) is 9.59 Å². The Morgan fingerprint density at radius 2 is 1.89 bits per heavy atom. The normalized spacial score (nSPS) is 11.0. The highest BCUT2D eigenvalue weighted by Gasteiger charge is 2.14. The first-order valence-corrected chi connectivity index (χ1v) is 8.98. The molecule has 1 heterocycles. The van der Waals surface area contributed by atoms with Gasteiger partial charge in [0.15, 0.2) is 11.5 Å². The molecule has 7 nitrogen and oxygen atoms in total. The van der Waals surface area contributed by atoms with E-state index >= 15 is 0 Å². The summed E-state index contributed by atoms with van der Waals surface area (Å²) in [7, 11) is 1.51. The number of carbonyl (C=O) groups is 2. The number of furan rings is 1. The Morgan fingerprint density at radius 3 is 2.46 bits per heavy atom. The van der Waals surface area contributed by atoms with Crippen molar-refractivity contribution in [3.63, 3.8) is 0 Å². The average Bonchev–Trinajstić information content (AvgIpc) is 2.97. The van der Waals surface area contributed by atoms with Crippen LogP contribution in [0, 0.1) is 13.8 Å². The molecule has 0 fully saturated rings. The van der Waals surface area contributed by atoms with Crippen LogP contribution in [0.5, 0.6) is 11.5 Å². The fourth-order valence-electron chi connectivity index (χ4n) is 2.44. The van der Waals surface area contributed by atoms with Crippen molar-refractivity contribution in [2.75, 3.05) is 7.11 Å². The van der Waals surface area contributed by atoms with Gasteiger partial charge in [-0.3, -0.25) is 20.4 Å². The molecule has 0 saturated heterocycles. The molecule has 0 atom stereocenters. The average molecular weight is 407 g/mol. The summed E-state index contributed by atoms with van der Waals surface area (Å²) in [6, 6.07) is 4.95. The Balaban J connectivity index is 2.02. The summed E-state index contributed by atoms with van der Waals surface area (Å²) in [6.45, 7) is 7.18. The molecule has 0 aliphatic carbocycles. The summed E-state index contributed by atoms with van der Waals surface area (Å²) in [5.74, 6) is 1.02. The Kier molecular flexibility index (Phi) is 7.12. The molecular weight excluding hydrogens is 384 g/mol. The van der Waals surface area contributed by atoms with Crippen molar-refractivity contribution in [1.82, 2.24) is 10.9 Å². The van der Waals surface area contributed by atoms with Crippen LogP contribution in [0.25, 0.3) is 6.08 Å². The number of hydrogen-bond acceptors (Lipinski definition) is 5. The zero-order valence-corrected chi connectivity index (χ0v) is 17.1. The van der Waals surface area contributed by atoms with E-state index in [2.05, 4.69) is 10.9 Å². The highest BCUT2D eigenvalue weighted by molar-refractivity contribution is 6.32. The molecule has 1 aromatic heterocycles. The van der Waals surface area contributed by atoms with Gasteiger partial charge in [0, 0.05) is 6.08 Å². The fourth-order valence-corrected chi connectivity index (χ4v) is 2.71. The Hall–Kier alpha value is -2.93. The first-order valence-electron chi connectivity index (χ1n) is 8.61. The smallest absolute Gasteiger partial charge is 0.273 e. The number of benzene rings is 1. The predicted molar refractivity (Wildman–Crippen MR) is 107 cm³/mol. The number of amides is 2. The molecule has 2 amide bonds. The predicted octanol–water partition coefficient (Wildman–Crippen LogP) is 3.82. The highest BCUT2D eigenvalue weighted by atomic mass is 35.5. The second-order valence-corrected chi connectivity index (χ2v) is 6.71. The minimum absolute atomic E-state index is 0.0650. The van der Waals surface area contributed by atoms with Crippen molar-refractivity contribution >= 4 is 29.5 Å². The number of rotatable bonds is 6. The second-order valence-electron chi connectivity index (χ2n) is 6.30. The summed E-state index contributed by atoms with van der Waals surface area (Å²) in [4.78, 5) is 24.0. The van der Waals surface area contributed by atoms with Gasteiger partial charge in [0.2, 0.25) is 0 Å². The molecule has 0 bridgehead atoms. The maximum absolute atomic E-state index is 12.1. The lowest BCUT2D eigenvalue weighted by Crippen LogP contribution is -2.40. The minimum Gasteiger partial charge on any atom is -0.493 e. The topological polar surface area (TPSA) is 89.8 Å². The summed E-state index contributed by atoms with van der Waals surface area (Å²) < 4.78 is 16.2. The van der Waals surface area contributed by atoms with Crippen molar-refractivity contribution in [2.24, 2.45) is 0 Å². The number of hydrazine groups is 1. The zero-order chi connectivity index (χ0) is 20.8. The monoisotopic (exact) mass is 406 g/mol. The summed E-state index contributed by atoms with van der Waals surface area (Å²) >= 11 is 6.25. The number of ether oxygens (including phenoxy) is 2. The van der Waals surface area contributed by atoms with Gasteiger partial charge in [-0.1, -0.05) is 11.6 Å². The molecule has 2 aromatic rings. The standard InChI is InChI=1S/C20H23ClN2O5/c1-11(2)27-19-16(21)9-14(10-17(19)26-5)6-7-18(24)22-23-20(25)15-8-12(3)28-13(15)4/h6-11H,1-5H3,(H,22,24)(H,23,25)/b7-6+. The highest BCUT2D eigenvalue weighted by Crippen LogP contribution is 2.37. The van der Waals surface area contributed by atoms with Crippen LogP contribution in [0.2, 0.25) is 5.02 Å². The quantitative estimate of drug-likeness (QED) is 0.562. The van der Waals surface area contributed by atoms with Crippen LogP contribution in [-0.4, -0.2) is 25.0 Å². The van der Waals surface area contributed by atoms with Gasteiger partial charge < -0.3 is 13.9 Å². The van der Waals surface area contributed by atoms with E-state index in [0.29, 0.717) is 39.2 Å². The molecule has 2 rings (SSSR count). The third kappa shape index (κ3) is 5.53. The van der Waals surface area contributed by atoms with Crippen molar-refractivity contribution in [2.45, 2.75) is 33.8 Å². The maximum atomic E-state index is 12.1. The summed E-state index contributed by atoms with van der Waals surface area (Å²) in [5, 5.41) is 0.368. The van der Waals surface area contributed by atoms with E-state index in [0.717, 1.165) is 0 Å². The lowest BCUT2D eigenvalue weighted by molar-refractivity contribution is -0.117. The SMILES string of the molecule is COc1cc(/C=C/C(=O)NNC(=O)c2cc(C)oc2C)cc(Cl)c1OC(C)C. The molecule has 0 aliphatic heterocycles. The van der Waals surface area contributed by atoms with Crippen LogP contribution in [0.3, 0.4) is 0 Å². The molecule has 0 aliphatic rings. The molecule has 1 aromatic carbocycles. The molecule has 2 N–H and O–H groups in total. The molecule has 0 saturated carbocycles. The van der Waals surface area contributed by atoms with E-state index in [1.54, 1.807) is 38.1 Å². The maximum Gasteiger partial charge on any atom is 0.273 e. The van der Waals surface area contributed by atoms with Crippen LogP contribution in [0.4, 0.5) is 0 Å². The molecule has 150 valence electrons. The van der Waals surface area contributed by atoms with Crippen LogP contribution in [-0.2, 0) is 4.79 Å². The lowest BCUT2D eigenvalue weighted by Gasteiger charge is -2.15. The number of methoxy groups -OCH3 is 1. The summed E-state index contributed by atoms with van der Waals surface area (Å²) in [6.07, 6.45) is 2.74. The van der Waals surface area contributed by atoms with Crippen LogP contribution in [0.1, 0.15) is 41.3 Å². The number of hydrogen-bond donors (Lipinski definition) is 2. The van der Waals surface area contributed by atoms with Crippen molar-refractivity contribution in [3.8, 4) is 11.5 Å². The molecule has 0 spiro atoms. The zero-order valence-electron chi connectivity index (χ0n) is 16.4. The van der Waals surface area contributed by atoms with Crippen molar-refractivity contribution < 1.29 is 23.5 Å². The van der Waals surface area contributed by atoms with E-state index in [-0.39, 0.29) is 6.10 Å². The number of aryl methyl sites for hydroxylation is 2. The van der Waals surface area contributed by atoms with E-state index in [1.807, 2.05) is 13.8 Å². The number of nitrogens with one attached hydrogen (secondary N) is 2. The van der Waals surface area contributed by atoms with Gasteiger partial charge in [0.25, 0.3) is 11.8 Å². The molecular formula is C20H23ClN2O5. The Morgan fingerprint density at radius 1 is 1.18 bits per heavy atom. The van der Waals surface area contributed by atoms with Gasteiger partial charge >= 0.3 is 0 Å². The van der Waals surface area contributed by atoms with Crippen LogP contribution >= 0.6 is 11.6 Å². The van der Waals surface area contributed by atoms with Crippen LogP contribution < -0.4 is 20.3 Å². The number of halogens is 1. The second kappa shape index (κ2) is 9.32. The third-order valence-electron chi connectivity index (χ3n) is 3.62. The van der Waals surface area contributed by atoms with Crippen molar-refractivity contribution in [1.29, 1.82) is 0 Å². The third-order valence-corrected chi connectivity index (χ3v) is 3.90. The van der Waals surface area contributed by atoms with Gasteiger partial charge in [-0.15, -0.1) is 0 Å². The largest absolute Gasteiger partial charge is 0.493 e. The van der Waals surface area contributed by atoms with Gasteiger partial charge in [0.05, 0.1) is 23.8 Å². The fraction of sp³-hybridized carbons (Fsp3) is 0.300. The Labute approximate surface area is 168 Å². The first-order chi connectivity index (χ1) is 13.2. The van der Waals surface area contributed by atoms with Crippen LogP contribution in [0.15, 0.2) is 28.7 Å². The van der Waals surface area contributed by atoms with Gasteiger partial charge in [-0.05, 0) is 57.5 Å². The van der Waals surface area contributed by atoms with E-state index in [4.69, 9.17) is 25.5 Å². The first kappa shape index (κ1) is 21.4. The van der Waals surface area contributed by atoms with Gasteiger partial charge in [0.1, 0.15) is 11.5 Å². The minimum atomic E-state index is -0.510. The van der Waals surface area contributed by atoms with E-state index < -0.39 is 11.8 Å². The molecule has 8 heteroatoms.